The van der Waals surface area contributed by atoms with Crippen molar-refractivity contribution in [3.05, 3.63) is 41.4 Å². The van der Waals surface area contributed by atoms with E-state index < -0.39 is 63.1 Å². The van der Waals surface area contributed by atoms with Gasteiger partial charge in [-0.25, -0.2) is 9.59 Å². The molecule has 3 amide bonds. The minimum absolute atomic E-state index is 0.0922. The second-order valence-electron chi connectivity index (χ2n) is 13.8. The maximum atomic E-state index is 14.3. The number of carbonyl (C=O) groups excluding carboxylic acids is 4. The summed E-state index contributed by atoms with van der Waals surface area (Å²) < 4.78 is 43.2. The van der Waals surface area contributed by atoms with E-state index in [-0.39, 0.29) is 36.3 Å². The van der Waals surface area contributed by atoms with Gasteiger partial charge in [-0.05, 0) is 60.8 Å². The monoisotopic (exact) mass is 725 g/mol. The first kappa shape index (κ1) is 35.9. The van der Waals surface area contributed by atoms with Crippen LogP contribution in [0.4, 0.5) is 4.79 Å². The van der Waals surface area contributed by atoms with Gasteiger partial charge in [-0.2, -0.15) is 8.42 Å². The van der Waals surface area contributed by atoms with Crippen LogP contribution in [0.1, 0.15) is 60.3 Å². The van der Waals surface area contributed by atoms with Crippen molar-refractivity contribution in [2.24, 2.45) is 23.2 Å². The van der Waals surface area contributed by atoms with Crippen molar-refractivity contribution in [2.45, 2.75) is 95.0 Å². The van der Waals surface area contributed by atoms with E-state index in [1.807, 2.05) is 0 Å². The quantitative estimate of drug-likeness (QED) is 0.207. The van der Waals surface area contributed by atoms with Gasteiger partial charge in [0, 0.05) is 23.4 Å². The van der Waals surface area contributed by atoms with Crippen LogP contribution in [0.25, 0.3) is 0 Å². The van der Waals surface area contributed by atoms with Crippen molar-refractivity contribution in [3.63, 3.8) is 0 Å². The zero-order valence-corrected chi connectivity index (χ0v) is 29.5. The molecule has 4 rings (SSSR count). The number of alkyl carbamates (subject to hydrolysis) is 1. The van der Waals surface area contributed by atoms with Gasteiger partial charge in [0.2, 0.25) is 11.8 Å². The standard InChI is InChI=1S/C32H44BrN3O9S/c1-8-20-16-32(20,29(39)43-7)35-27(37)25-15-23(45-46(41,42)24-11-9-21(33)10-12-24)17-36(25)28(38)26(31(4,5)6)34-30(40)44-22-13-18(2)19(3)14-22/h8-12,18-20,22-23,25-26H,1,13-17H2,2-7H3,(H,34,40)(H,35,37)/t18?,19?,20-,22?,23+,25+,26?,32?/m1/s1. The summed E-state index contributed by atoms with van der Waals surface area (Å²) in [6.07, 6.45) is 0.952. The number of methoxy groups -OCH3 is 1. The largest absolute Gasteiger partial charge is 0.467 e. The Morgan fingerprint density at radius 2 is 1.67 bits per heavy atom. The number of rotatable bonds is 10. The number of hydrogen-bond acceptors (Lipinski definition) is 9. The number of carbonyl (C=O) groups is 4. The molecule has 0 bridgehead atoms. The first-order valence-electron chi connectivity index (χ1n) is 15.4. The fourth-order valence-corrected chi connectivity index (χ4v) is 7.63. The molecular formula is C32H44BrN3O9S. The Hall–Kier alpha value is -2.97. The second-order valence-corrected chi connectivity index (χ2v) is 16.3. The Kier molecular flexibility index (Phi) is 10.6. The van der Waals surface area contributed by atoms with Crippen LogP contribution in [0.15, 0.2) is 46.3 Å². The highest BCUT2D eigenvalue weighted by atomic mass is 79.9. The third-order valence-electron chi connectivity index (χ3n) is 9.30. The number of hydrogen-bond donors (Lipinski definition) is 2. The van der Waals surface area contributed by atoms with Crippen molar-refractivity contribution >= 4 is 49.9 Å². The molecule has 2 aliphatic carbocycles. The maximum absolute atomic E-state index is 14.3. The molecule has 1 aromatic carbocycles. The Morgan fingerprint density at radius 1 is 1.07 bits per heavy atom. The Morgan fingerprint density at radius 3 is 2.20 bits per heavy atom. The summed E-state index contributed by atoms with van der Waals surface area (Å²) in [4.78, 5) is 54.9. The fourth-order valence-electron chi connectivity index (χ4n) is 6.29. The summed E-state index contributed by atoms with van der Waals surface area (Å²) in [7, 11) is -3.06. The van der Waals surface area contributed by atoms with Gasteiger partial charge in [-0.1, -0.05) is 56.6 Å². The van der Waals surface area contributed by atoms with Crippen LogP contribution in [-0.4, -0.2) is 80.7 Å². The summed E-state index contributed by atoms with van der Waals surface area (Å²) in [5, 5.41) is 5.45. The van der Waals surface area contributed by atoms with Crippen LogP contribution < -0.4 is 10.6 Å². The molecule has 1 heterocycles. The topological polar surface area (TPSA) is 157 Å². The molecule has 2 saturated carbocycles. The lowest BCUT2D eigenvalue weighted by atomic mass is 9.85. The molecule has 4 unspecified atom stereocenters. The van der Waals surface area contributed by atoms with E-state index in [1.165, 1.54) is 24.1 Å². The van der Waals surface area contributed by atoms with Gasteiger partial charge in [-0.3, -0.25) is 13.8 Å². The summed E-state index contributed by atoms with van der Waals surface area (Å²) in [5.41, 5.74) is -2.17. The lowest BCUT2D eigenvalue weighted by Gasteiger charge is -2.35. The van der Waals surface area contributed by atoms with Gasteiger partial charge in [0.15, 0.2) is 0 Å². The summed E-state index contributed by atoms with van der Waals surface area (Å²) in [6.45, 7) is 13.0. The number of esters is 1. The molecule has 1 saturated heterocycles. The van der Waals surface area contributed by atoms with Crippen LogP contribution in [0.5, 0.6) is 0 Å². The molecule has 7 atom stereocenters. The van der Waals surface area contributed by atoms with Crippen molar-refractivity contribution in [3.8, 4) is 0 Å². The van der Waals surface area contributed by atoms with Crippen LogP contribution in [-0.2, 0) is 38.2 Å². The van der Waals surface area contributed by atoms with Gasteiger partial charge in [0.05, 0.1) is 18.1 Å². The number of likely N-dealkylation sites (tertiary alicyclic amines) is 1. The predicted octanol–water partition coefficient (Wildman–Crippen LogP) is 3.93. The predicted molar refractivity (Wildman–Crippen MR) is 172 cm³/mol. The zero-order valence-electron chi connectivity index (χ0n) is 27.1. The molecule has 12 nitrogen and oxygen atoms in total. The molecule has 3 fully saturated rings. The first-order valence-corrected chi connectivity index (χ1v) is 17.6. The third-order valence-corrected chi connectivity index (χ3v) is 11.2. The van der Waals surface area contributed by atoms with Crippen molar-refractivity contribution in [2.75, 3.05) is 13.7 Å². The fraction of sp³-hybridized carbons (Fsp3) is 0.625. The van der Waals surface area contributed by atoms with Crippen LogP contribution >= 0.6 is 15.9 Å². The van der Waals surface area contributed by atoms with Gasteiger partial charge >= 0.3 is 12.1 Å². The number of benzene rings is 1. The molecule has 3 aliphatic rings. The maximum Gasteiger partial charge on any atom is 0.408 e. The zero-order chi connectivity index (χ0) is 34.2. The molecule has 1 aromatic rings. The smallest absolute Gasteiger partial charge is 0.408 e. The number of ether oxygens (including phenoxy) is 2. The molecule has 0 spiro atoms. The average molecular weight is 727 g/mol. The van der Waals surface area contributed by atoms with E-state index in [0.29, 0.717) is 16.3 Å². The third kappa shape index (κ3) is 7.76. The van der Waals surface area contributed by atoms with E-state index in [2.05, 4.69) is 47.0 Å². The van der Waals surface area contributed by atoms with Gasteiger partial charge < -0.3 is 25.0 Å². The lowest BCUT2D eigenvalue weighted by molar-refractivity contribution is -0.148. The molecule has 46 heavy (non-hydrogen) atoms. The minimum Gasteiger partial charge on any atom is -0.467 e. The SMILES string of the molecule is C=C[C@@H]1CC1(NC(=O)[C@@H]1C[C@H](OS(=O)(=O)c2ccc(Br)cc2)CN1C(=O)C(NC(=O)OC1CC(C)C(C)C1)C(C)(C)C)C(=O)OC. The van der Waals surface area contributed by atoms with Gasteiger partial charge in [-0.15, -0.1) is 6.58 Å². The van der Waals surface area contributed by atoms with E-state index in [0.717, 1.165) is 12.8 Å². The second kappa shape index (κ2) is 13.6. The minimum atomic E-state index is -4.27. The summed E-state index contributed by atoms with van der Waals surface area (Å²) in [5.74, 6) is -1.54. The first-order chi connectivity index (χ1) is 21.4. The molecule has 14 heteroatoms. The van der Waals surface area contributed by atoms with Crippen molar-refractivity contribution in [1.82, 2.24) is 15.5 Å². The normalized spacial score (nSPS) is 29.8. The molecule has 254 valence electrons. The Labute approximate surface area is 279 Å². The molecular weight excluding hydrogens is 682 g/mol. The van der Waals surface area contributed by atoms with E-state index >= 15 is 0 Å². The highest BCUT2D eigenvalue weighted by molar-refractivity contribution is 9.10. The van der Waals surface area contributed by atoms with E-state index in [1.54, 1.807) is 39.0 Å². The molecule has 0 radical (unpaired) electrons. The van der Waals surface area contributed by atoms with E-state index in [9.17, 15) is 27.6 Å². The number of halogens is 1. The Bertz CT molecular complexity index is 1450. The number of nitrogens with zero attached hydrogens (tertiary/aromatic N) is 1. The lowest BCUT2D eigenvalue weighted by Crippen LogP contribution is -2.59. The highest BCUT2D eigenvalue weighted by Crippen LogP contribution is 2.45. The van der Waals surface area contributed by atoms with Crippen molar-refractivity contribution in [1.29, 1.82) is 0 Å². The summed E-state index contributed by atoms with van der Waals surface area (Å²) in [6, 6.07) is 3.51. The van der Waals surface area contributed by atoms with E-state index in [4.69, 9.17) is 13.7 Å². The Balaban J connectivity index is 1.59. The molecule has 0 aromatic heterocycles. The highest BCUT2D eigenvalue weighted by Gasteiger charge is 2.62. The van der Waals surface area contributed by atoms with Crippen LogP contribution in [0, 0.1) is 23.2 Å². The average Bonchev–Trinajstić information content (AvgIpc) is 3.38. The molecule has 1 aliphatic heterocycles. The summed E-state index contributed by atoms with van der Waals surface area (Å²) >= 11 is 3.28. The van der Waals surface area contributed by atoms with Gasteiger partial charge in [0.25, 0.3) is 10.1 Å². The van der Waals surface area contributed by atoms with Crippen molar-refractivity contribution < 1.29 is 41.3 Å². The molecule has 2 N–H and O–H groups in total. The van der Waals surface area contributed by atoms with Crippen LogP contribution in [0.3, 0.4) is 0 Å². The number of nitrogens with one attached hydrogen (secondary N) is 2. The van der Waals surface area contributed by atoms with Gasteiger partial charge in [0.1, 0.15) is 23.7 Å². The number of amides is 3. The van der Waals surface area contributed by atoms with Crippen LogP contribution in [0.2, 0.25) is 0 Å².